The Morgan fingerprint density at radius 3 is 2.08 bits per heavy atom. The first kappa shape index (κ1) is 27.0. The van der Waals surface area contributed by atoms with Gasteiger partial charge in [-0.15, -0.1) is 10.2 Å². The summed E-state index contributed by atoms with van der Waals surface area (Å²) >= 11 is 0. The number of H-pyrrole nitrogens is 2. The summed E-state index contributed by atoms with van der Waals surface area (Å²) in [6.45, 7) is 3.47. The third kappa shape index (κ3) is 5.32. The van der Waals surface area contributed by atoms with E-state index in [4.69, 9.17) is 5.14 Å². The number of nitrogens with zero attached hydrogens (tertiary/aromatic N) is 6. The van der Waals surface area contributed by atoms with Crippen molar-refractivity contribution < 1.29 is 16.8 Å². The van der Waals surface area contributed by atoms with Gasteiger partial charge in [0.2, 0.25) is 20.0 Å². The largest absolute Gasteiger partial charge is 0.241 e. The van der Waals surface area contributed by atoms with Crippen molar-refractivity contribution in [2.75, 3.05) is 6.54 Å². The zero-order valence-corrected chi connectivity index (χ0v) is 22.9. The first-order valence-electron chi connectivity index (χ1n) is 12.3. The maximum absolute atomic E-state index is 13.8. The number of aromatic nitrogens is 8. The Hall–Kier alpha value is -3.60. The van der Waals surface area contributed by atoms with Crippen molar-refractivity contribution in [2.24, 2.45) is 5.14 Å². The van der Waals surface area contributed by atoms with E-state index >= 15 is 0 Å². The highest BCUT2D eigenvalue weighted by Crippen LogP contribution is 2.41. The van der Waals surface area contributed by atoms with Gasteiger partial charge in [-0.25, -0.2) is 36.9 Å². The van der Waals surface area contributed by atoms with E-state index in [2.05, 4.69) is 46.0 Å². The highest BCUT2D eigenvalue weighted by Gasteiger charge is 2.33. The summed E-state index contributed by atoms with van der Waals surface area (Å²) < 4.78 is 55.1. The smallest absolute Gasteiger partial charge is 0.239 e. The molecule has 0 spiro atoms. The average Bonchev–Trinajstić information content (AvgIpc) is 3.70. The molecule has 1 fully saturated rings. The fourth-order valence-electron chi connectivity index (χ4n) is 5.16. The highest BCUT2D eigenvalue weighted by molar-refractivity contribution is 7.89. The number of benzene rings is 2. The van der Waals surface area contributed by atoms with Crippen LogP contribution in [-0.4, -0.2) is 64.6 Å². The summed E-state index contributed by atoms with van der Waals surface area (Å²) in [4.78, 5) is -0.127. The third-order valence-electron chi connectivity index (χ3n) is 7.07. The van der Waals surface area contributed by atoms with Crippen molar-refractivity contribution in [1.82, 2.24) is 46.0 Å². The van der Waals surface area contributed by atoms with E-state index in [0.717, 1.165) is 31.2 Å². The second kappa shape index (κ2) is 10.2. The predicted octanol–water partition coefficient (Wildman–Crippen LogP) is 1.61. The minimum Gasteiger partial charge on any atom is -0.239 e. The Morgan fingerprint density at radius 1 is 0.897 bits per heavy atom. The Labute approximate surface area is 225 Å². The van der Waals surface area contributed by atoms with Crippen molar-refractivity contribution in [2.45, 2.75) is 60.7 Å². The normalized spacial score (nSPS) is 15.2. The van der Waals surface area contributed by atoms with Crippen LogP contribution < -0.4 is 9.86 Å². The van der Waals surface area contributed by atoms with E-state index in [1.54, 1.807) is 32.0 Å². The number of hydrogen-bond donors (Lipinski definition) is 4. The number of primary sulfonamides is 1. The summed E-state index contributed by atoms with van der Waals surface area (Å²) in [6.07, 6.45) is 4.06. The van der Waals surface area contributed by atoms with Gasteiger partial charge in [0.1, 0.15) is 0 Å². The molecule has 5 rings (SSSR count). The highest BCUT2D eigenvalue weighted by atomic mass is 32.2. The maximum atomic E-state index is 13.8. The number of rotatable bonds is 9. The fraction of sp³-hybridized carbons (Fsp3) is 0.391. The number of hydrogen-bond acceptors (Lipinski definition) is 10. The third-order valence-corrected chi connectivity index (χ3v) is 9.47. The molecular formula is C23H28N10O4S2. The van der Waals surface area contributed by atoms with Gasteiger partial charge in [0, 0.05) is 23.1 Å². The number of aromatic amines is 2. The van der Waals surface area contributed by atoms with Gasteiger partial charge in [-0.05, 0) is 62.9 Å². The van der Waals surface area contributed by atoms with Crippen LogP contribution in [0.15, 0.2) is 46.2 Å². The van der Waals surface area contributed by atoms with Crippen LogP contribution in [0, 0.1) is 0 Å². The minimum atomic E-state index is -4.15. The van der Waals surface area contributed by atoms with Gasteiger partial charge in [-0.2, -0.15) is 0 Å². The van der Waals surface area contributed by atoms with E-state index in [9.17, 15) is 16.8 Å². The molecule has 1 aliphatic carbocycles. The molecule has 0 radical (unpaired) electrons. The van der Waals surface area contributed by atoms with E-state index in [0.29, 0.717) is 11.1 Å². The quantitative estimate of drug-likeness (QED) is 0.227. The molecule has 0 aliphatic heterocycles. The van der Waals surface area contributed by atoms with Gasteiger partial charge in [0.05, 0.1) is 9.79 Å². The minimum absolute atomic E-state index is 0.0548. The zero-order chi connectivity index (χ0) is 27.8. The van der Waals surface area contributed by atoms with Gasteiger partial charge in [0.15, 0.2) is 11.6 Å². The molecule has 16 heteroatoms. The fourth-order valence-corrected chi connectivity index (χ4v) is 7.36. The molecular weight excluding hydrogens is 544 g/mol. The summed E-state index contributed by atoms with van der Waals surface area (Å²) in [7, 11) is -8.22. The summed E-state index contributed by atoms with van der Waals surface area (Å²) in [5.41, 5.74) is 1.06. The first-order chi connectivity index (χ1) is 18.5. The Kier molecular flexibility index (Phi) is 7.04. The van der Waals surface area contributed by atoms with Gasteiger partial charge >= 0.3 is 0 Å². The molecule has 0 atom stereocenters. The topological polar surface area (TPSA) is 215 Å². The van der Waals surface area contributed by atoms with Crippen molar-refractivity contribution in [3.05, 3.63) is 47.5 Å². The molecule has 1 aliphatic rings. The Morgan fingerprint density at radius 2 is 1.49 bits per heavy atom. The number of nitrogens with one attached hydrogen (secondary N) is 3. The van der Waals surface area contributed by atoms with Crippen LogP contribution in [0.4, 0.5) is 0 Å². The maximum Gasteiger partial charge on any atom is 0.241 e. The Bertz CT molecular complexity index is 1680. The molecule has 39 heavy (non-hydrogen) atoms. The predicted molar refractivity (Wildman–Crippen MR) is 140 cm³/mol. The van der Waals surface area contributed by atoms with Crippen molar-refractivity contribution >= 4 is 20.0 Å². The van der Waals surface area contributed by atoms with Gasteiger partial charge in [-0.1, -0.05) is 51.0 Å². The van der Waals surface area contributed by atoms with E-state index < -0.39 is 25.5 Å². The monoisotopic (exact) mass is 572 g/mol. The summed E-state index contributed by atoms with van der Waals surface area (Å²) in [6, 6.07) is 9.76. The molecule has 0 saturated heterocycles. The average molecular weight is 573 g/mol. The standard InChI is InChI=1S/C23H28N10O4S2/c1-23(2,16-10-6-11-17(38(24,34)35)20(16)22-28-32-33-29-22)13-25-39(36,37)18-12-5-9-15(14-7-3-4-8-14)19(18)21-26-30-31-27-21/h5-6,9-12,14,25H,3-4,7-8,13H2,1-2H3,(H2,24,34,35)(H,26,27,30,31)(H,28,29,32,33). The van der Waals surface area contributed by atoms with Crippen molar-refractivity contribution in [3.63, 3.8) is 0 Å². The van der Waals surface area contributed by atoms with Gasteiger partial charge in [0.25, 0.3) is 0 Å². The number of nitrogens with two attached hydrogens (primary N) is 1. The van der Waals surface area contributed by atoms with Crippen LogP contribution in [0.3, 0.4) is 0 Å². The SMILES string of the molecule is CC(C)(CNS(=O)(=O)c1cccc(C2CCCC2)c1-c1nnn[nH]1)c1cccc(S(N)(=O)=O)c1-c1nnn[nH]1. The van der Waals surface area contributed by atoms with Crippen LogP contribution in [0.2, 0.25) is 0 Å². The molecule has 5 N–H and O–H groups in total. The molecule has 14 nitrogen and oxygen atoms in total. The van der Waals surface area contributed by atoms with E-state index in [1.165, 1.54) is 12.1 Å². The molecule has 2 aromatic carbocycles. The lowest BCUT2D eigenvalue weighted by Crippen LogP contribution is -2.37. The lowest BCUT2D eigenvalue weighted by molar-refractivity contribution is 0.501. The molecule has 1 saturated carbocycles. The zero-order valence-electron chi connectivity index (χ0n) is 21.3. The summed E-state index contributed by atoms with van der Waals surface area (Å²) in [5, 5.41) is 33.1. The molecule has 0 unspecified atom stereocenters. The van der Waals surface area contributed by atoms with Crippen LogP contribution in [-0.2, 0) is 25.5 Å². The Balaban J connectivity index is 1.54. The van der Waals surface area contributed by atoms with Crippen molar-refractivity contribution in [1.29, 1.82) is 0 Å². The van der Waals surface area contributed by atoms with Crippen LogP contribution in [0.25, 0.3) is 22.8 Å². The lowest BCUT2D eigenvalue weighted by atomic mass is 9.81. The molecule has 0 amide bonds. The van der Waals surface area contributed by atoms with Gasteiger partial charge < -0.3 is 0 Å². The van der Waals surface area contributed by atoms with E-state index in [-0.39, 0.29) is 39.5 Å². The van der Waals surface area contributed by atoms with Crippen LogP contribution in [0.1, 0.15) is 56.6 Å². The number of sulfonamides is 2. The molecule has 2 heterocycles. The van der Waals surface area contributed by atoms with E-state index in [1.807, 2.05) is 6.07 Å². The molecule has 0 bridgehead atoms. The molecule has 2 aromatic heterocycles. The second-order valence-corrected chi connectivity index (χ2v) is 13.4. The molecule has 206 valence electrons. The molecule has 4 aromatic rings. The lowest BCUT2D eigenvalue weighted by Gasteiger charge is -2.28. The van der Waals surface area contributed by atoms with Crippen molar-refractivity contribution in [3.8, 4) is 22.8 Å². The van der Waals surface area contributed by atoms with Crippen LogP contribution in [0.5, 0.6) is 0 Å². The van der Waals surface area contributed by atoms with Crippen LogP contribution >= 0.6 is 0 Å². The second-order valence-electron chi connectivity index (χ2n) is 10.1. The first-order valence-corrected chi connectivity index (χ1v) is 15.3. The van der Waals surface area contributed by atoms with Gasteiger partial charge in [-0.3, -0.25) is 0 Å². The summed E-state index contributed by atoms with van der Waals surface area (Å²) in [5.74, 6) is 0.573. The number of tetrazole rings is 2.